The first-order valence-electron chi connectivity index (χ1n) is 5.10. The summed E-state index contributed by atoms with van der Waals surface area (Å²) in [4.78, 5) is 6.72. The van der Waals surface area contributed by atoms with Gasteiger partial charge in [-0.3, -0.25) is 0 Å². The molecule has 0 aromatic carbocycles. The molecule has 2 nitrogen and oxygen atoms in total. The number of aromatic amines is 1. The van der Waals surface area contributed by atoms with E-state index in [1.807, 2.05) is 6.92 Å². The zero-order valence-electron chi connectivity index (χ0n) is 9.60. The quantitative estimate of drug-likeness (QED) is 0.599. The van der Waals surface area contributed by atoms with Crippen molar-refractivity contribution in [1.29, 1.82) is 0 Å². The largest absolute Gasteiger partial charge is 0.346 e. The van der Waals surface area contributed by atoms with Crippen LogP contribution < -0.4 is 0 Å². The summed E-state index contributed by atoms with van der Waals surface area (Å²) in [5.41, 5.74) is 1.62. The molecule has 0 amide bonds. The lowest BCUT2D eigenvalue weighted by atomic mass is 10.2. The molecule has 10 heavy (non-hydrogen) atoms. The van der Waals surface area contributed by atoms with Crippen molar-refractivity contribution in [2.45, 2.75) is 6.92 Å². The molecule has 0 bridgehead atoms. The molecule has 0 spiro atoms. The molecule has 2 rings (SSSR count). The van der Waals surface area contributed by atoms with Crippen molar-refractivity contribution in [2.24, 2.45) is 0 Å². The second-order valence-electron chi connectivity index (χ2n) is 2.24. The van der Waals surface area contributed by atoms with E-state index >= 15 is 0 Å². The van der Waals surface area contributed by atoms with Gasteiger partial charge < -0.3 is 4.98 Å². The Morgan fingerprint density at radius 1 is 1.80 bits per heavy atom. The molecule has 1 N–H and O–H groups in total. The summed E-state index contributed by atoms with van der Waals surface area (Å²) in [7, 11) is 0. The number of aromatic nitrogens is 2. The van der Waals surface area contributed by atoms with E-state index in [1.165, 1.54) is 0 Å². The number of hydrogen-bond donors (Lipinski definition) is 1. The molecule has 0 radical (unpaired) electrons. The van der Waals surface area contributed by atoms with Crippen molar-refractivity contribution in [3.05, 3.63) is 30.0 Å². The smallest absolute Gasteiger partial charge is 0.137 e. The molecular formula is C8H10N2. The summed E-state index contributed by atoms with van der Waals surface area (Å²) in [6.45, 7) is 1.91. The Labute approximate surface area is 64.8 Å². The van der Waals surface area contributed by atoms with Gasteiger partial charge in [0, 0.05) is 20.7 Å². The van der Waals surface area contributed by atoms with Crippen LogP contribution >= 0.6 is 0 Å². The summed E-state index contributed by atoms with van der Waals surface area (Å²) in [6.07, 6.45) is 0.577. The van der Waals surface area contributed by atoms with Crippen LogP contribution in [0.5, 0.6) is 0 Å². The lowest BCUT2D eigenvalue weighted by molar-refractivity contribution is 1.31. The highest BCUT2D eigenvalue weighted by molar-refractivity contribution is 5.78. The van der Waals surface area contributed by atoms with Gasteiger partial charge in [-0.15, -0.1) is 0 Å². The van der Waals surface area contributed by atoms with Crippen molar-refractivity contribution >= 4 is 11.0 Å². The van der Waals surface area contributed by atoms with E-state index in [1.54, 1.807) is 12.1 Å². The van der Waals surface area contributed by atoms with Crippen LogP contribution in [0.15, 0.2) is 24.5 Å². The van der Waals surface area contributed by atoms with Crippen molar-refractivity contribution in [1.82, 2.24) is 9.97 Å². The van der Waals surface area contributed by atoms with Crippen molar-refractivity contribution in [3.8, 4) is 0 Å². The highest BCUT2D eigenvalue weighted by atomic mass is 14.8. The summed E-state index contributed by atoms with van der Waals surface area (Å²) in [6, 6.07) is 3.41. The molecule has 2 heteroatoms. The Morgan fingerprint density at radius 3 is 3.60 bits per heavy atom. The van der Waals surface area contributed by atoms with Gasteiger partial charge in [-0.05, 0) is 24.6 Å². The molecule has 0 fully saturated rings. The first-order chi connectivity index (χ1) is 6.66. The first-order valence-corrected chi connectivity index (χ1v) is 3.10. The summed E-state index contributed by atoms with van der Waals surface area (Å²) >= 11 is 0. The van der Waals surface area contributed by atoms with E-state index in [2.05, 4.69) is 9.97 Å². The highest BCUT2D eigenvalue weighted by Crippen LogP contribution is 2.12. The molecule has 2 heterocycles. The SMILES string of the molecule is [3H][3H].[3H]c1cc(C)c2cc([3H])[nH]c2n1. The number of rotatable bonds is 0. The minimum atomic E-state index is 0.238. The summed E-state index contributed by atoms with van der Waals surface area (Å²) in [5.74, 6) is 0. The highest BCUT2D eigenvalue weighted by Gasteiger charge is 1.95. The third-order valence-corrected chi connectivity index (χ3v) is 1.54. The van der Waals surface area contributed by atoms with Crippen molar-refractivity contribution in [2.75, 3.05) is 0 Å². The van der Waals surface area contributed by atoms with Gasteiger partial charge in [0.2, 0.25) is 0 Å². The fourth-order valence-corrected chi connectivity index (χ4v) is 0.972. The maximum absolute atomic E-state index is 7.33. The maximum Gasteiger partial charge on any atom is 0.137 e. The minimum Gasteiger partial charge on any atom is -0.346 e. The van der Waals surface area contributed by atoms with Crippen molar-refractivity contribution < 1.29 is 5.71 Å². The number of aryl methyl sites for hydroxylation is 1. The van der Waals surface area contributed by atoms with Gasteiger partial charge in [0.25, 0.3) is 0 Å². The standard InChI is InChI=1S/C8H8N2.H2/c1-6-2-4-9-8-7(6)3-5-10-8;/h2-5H,1H3,(H,9,10);1H/i4T,5T;1+2T. The van der Waals surface area contributed by atoms with E-state index in [-0.39, 0.29) is 6.17 Å². The molecule has 52 valence electrons. The Balaban J connectivity index is 0.000000461. The Hall–Kier alpha value is -1.31. The Bertz CT molecular complexity index is 438. The van der Waals surface area contributed by atoms with Crippen LogP contribution in [0.1, 0.15) is 11.3 Å². The van der Waals surface area contributed by atoms with Crippen LogP contribution in [0.4, 0.5) is 0 Å². The first kappa shape index (κ1) is 3.19. The van der Waals surface area contributed by atoms with Gasteiger partial charge in [-0.25, -0.2) is 4.98 Å². The number of pyridine rings is 1. The predicted octanol–water partition coefficient (Wildman–Crippen LogP) is 2.12. The average molecular weight is 142 g/mol. The molecule has 0 atom stereocenters. The molecule has 2 aromatic heterocycles. The lowest BCUT2D eigenvalue weighted by Gasteiger charge is -1.91. The second kappa shape index (κ2) is 1.84. The Morgan fingerprint density at radius 2 is 2.70 bits per heavy atom. The number of fused-ring (bicyclic) bond motifs is 1. The molecule has 0 saturated heterocycles. The predicted molar refractivity (Wildman–Crippen MR) is 42.9 cm³/mol. The number of nitrogens with zero attached hydrogens (tertiary/aromatic N) is 1. The van der Waals surface area contributed by atoms with E-state index < -0.39 is 0 Å². The van der Waals surface area contributed by atoms with Gasteiger partial charge in [-0.2, -0.15) is 0 Å². The fourth-order valence-electron chi connectivity index (χ4n) is 0.972. The normalized spacial score (nSPS) is 14.1. The zero-order valence-corrected chi connectivity index (χ0v) is 5.60. The van der Waals surface area contributed by atoms with Crippen LogP contribution in [-0.4, -0.2) is 9.97 Å². The van der Waals surface area contributed by atoms with Crippen LogP contribution in [0.2, 0.25) is 0 Å². The van der Waals surface area contributed by atoms with Gasteiger partial charge in [0.15, 0.2) is 0 Å². The van der Waals surface area contributed by atoms with Crippen LogP contribution in [0.25, 0.3) is 11.0 Å². The lowest BCUT2D eigenvalue weighted by Crippen LogP contribution is -1.77. The van der Waals surface area contributed by atoms with Crippen molar-refractivity contribution in [3.63, 3.8) is 0 Å². The van der Waals surface area contributed by atoms with Crippen LogP contribution in [0, 0.1) is 6.92 Å². The van der Waals surface area contributed by atoms with E-state index in [9.17, 15) is 0 Å². The molecule has 0 unspecified atom stereocenters. The fraction of sp³-hybridized carbons (Fsp3) is 0.125. The third-order valence-electron chi connectivity index (χ3n) is 1.54. The van der Waals surface area contributed by atoms with E-state index in [0.717, 1.165) is 10.9 Å². The van der Waals surface area contributed by atoms with E-state index in [4.69, 9.17) is 5.71 Å². The van der Waals surface area contributed by atoms with Crippen LogP contribution in [0.3, 0.4) is 0 Å². The molecule has 0 saturated carbocycles. The number of hydrogen-bond acceptors (Lipinski definition) is 1. The van der Waals surface area contributed by atoms with Gasteiger partial charge in [-0.1, -0.05) is 0 Å². The minimum absolute atomic E-state index is 0.238. The third kappa shape index (κ3) is 0.620. The number of H-pyrrole nitrogens is 1. The maximum atomic E-state index is 7.33. The monoisotopic (exact) mass is 142 g/mol. The molecule has 0 aliphatic heterocycles. The summed E-state index contributed by atoms with van der Waals surface area (Å²) < 4.78 is 24.7. The summed E-state index contributed by atoms with van der Waals surface area (Å²) in [5, 5.41) is 0.927. The number of nitrogens with one attached hydrogen (secondary N) is 1. The van der Waals surface area contributed by atoms with Crippen LogP contribution in [-0.2, 0) is 0 Å². The molecule has 0 aliphatic carbocycles. The second-order valence-corrected chi connectivity index (χ2v) is 2.24. The van der Waals surface area contributed by atoms with Gasteiger partial charge >= 0.3 is 0 Å². The zero-order chi connectivity index (χ0) is 10.7. The van der Waals surface area contributed by atoms with Gasteiger partial charge in [0.1, 0.15) is 5.65 Å². The molecular weight excluding hydrogens is 124 g/mol. The Kier molecular flexibility index (Phi) is 0.586. The van der Waals surface area contributed by atoms with Gasteiger partial charge in [0.05, 0.1) is 2.74 Å². The molecule has 0 aliphatic rings. The van der Waals surface area contributed by atoms with E-state index in [0.29, 0.717) is 11.8 Å². The topological polar surface area (TPSA) is 28.7 Å². The average Bonchev–Trinajstić information content (AvgIpc) is 2.49. The molecule has 2 aromatic rings.